The van der Waals surface area contributed by atoms with E-state index in [0.717, 1.165) is 38.2 Å². The number of fused-ring (bicyclic) bond motifs is 2. The molecule has 0 bridgehead atoms. The summed E-state index contributed by atoms with van der Waals surface area (Å²) in [5.41, 5.74) is 2.89. The van der Waals surface area contributed by atoms with Gasteiger partial charge in [0.2, 0.25) is 0 Å². The summed E-state index contributed by atoms with van der Waals surface area (Å²) in [4.78, 5) is 0. The third kappa shape index (κ3) is 3.51. The molecular weight excluding hydrogens is 379 g/mol. The molecule has 0 fully saturated rings. The van der Waals surface area contributed by atoms with Gasteiger partial charge < -0.3 is 9.05 Å². The van der Waals surface area contributed by atoms with Gasteiger partial charge in [0.15, 0.2) is 0 Å². The smallest absolute Gasteiger partial charge is 0.305 e. The molecule has 0 unspecified atom stereocenters. The fourth-order valence-electron chi connectivity index (χ4n) is 4.05. The Morgan fingerprint density at radius 2 is 1.34 bits per heavy atom. The van der Waals surface area contributed by atoms with E-state index in [1.54, 1.807) is 0 Å². The van der Waals surface area contributed by atoms with Gasteiger partial charge in [0.05, 0.1) is 18.5 Å². The predicted molar refractivity (Wildman–Crippen MR) is 122 cm³/mol. The molecular formula is C25H25O3P. The number of hydrogen-bond acceptors (Lipinski definition) is 3. The van der Waals surface area contributed by atoms with Crippen molar-refractivity contribution >= 4 is 34.4 Å². The van der Waals surface area contributed by atoms with Crippen molar-refractivity contribution in [2.45, 2.75) is 20.8 Å². The Labute approximate surface area is 171 Å². The molecule has 0 radical (unpaired) electrons. The molecule has 148 valence electrons. The minimum atomic E-state index is -3.49. The second kappa shape index (κ2) is 8.12. The summed E-state index contributed by atoms with van der Waals surface area (Å²) < 4.78 is 25.6. The topological polar surface area (TPSA) is 35.5 Å². The number of aryl methyl sites for hydroxylation is 1. The third-order valence-corrected chi connectivity index (χ3v) is 7.46. The molecule has 0 aliphatic heterocycles. The minimum absolute atomic E-state index is 0.318. The van der Waals surface area contributed by atoms with Crippen LogP contribution in [0.5, 0.6) is 0 Å². The van der Waals surface area contributed by atoms with Crippen LogP contribution in [0.3, 0.4) is 0 Å². The molecule has 0 aromatic heterocycles. The summed E-state index contributed by atoms with van der Waals surface area (Å²) in [7, 11) is -3.49. The zero-order valence-corrected chi connectivity index (χ0v) is 17.9. The van der Waals surface area contributed by atoms with Crippen LogP contribution in [0.25, 0.3) is 32.7 Å². The maximum absolute atomic E-state index is 14.0. The van der Waals surface area contributed by atoms with Crippen molar-refractivity contribution in [3.8, 4) is 11.1 Å². The van der Waals surface area contributed by atoms with Gasteiger partial charge in [0.25, 0.3) is 0 Å². The fraction of sp³-hybridized carbons (Fsp3) is 0.200. The number of hydrogen-bond donors (Lipinski definition) is 0. The van der Waals surface area contributed by atoms with Crippen molar-refractivity contribution in [3.63, 3.8) is 0 Å². The van der Waals surface area contributed by atoms with Gasteiger partial charge in [0.1, 0.15) is 0 Å². The monoisotopic (exact) mass is 404 g/mol. The maximum Gasteiger partial charge on any atom is 0.362 e. The Bertz CT molecular complexity index is 1210. The summed E-state index contributed by atoms with van der Waals surface area (Å²) in [6.45, 7) is 6.32. The van der Waals surface area contributed by atoms with E-state index in [0.29, 0.717) is 18.5 Å². The Balaban J connectivity index is 2.18. The standard InChI is InChI=1S/C25H25O3P/c1-4-27-29(26,28-5-2)25-18(3)17-20-12-7-9-15-22(20)24(25)23-16-10-13-19-11-6-8-14-21(19)23/h6-17H,4-5H2,1-3H3. The lowest BCUT2D eigenvalue weighted by Gasteiger charge is -2.24. The van der Waals surface area contributed by atoms with E-state index in [1.165, 1.54) is 0 Å². The molecule has 0 aliphatic rings. The van der Waals surface area contributed by atoms with E-state index in [4.69, 9.17) is 9.05 Å². The first kappa shape index (κ1) is 19.8. The van der Waals surface area contributed by atoms with E-state index < -0.39 is 7.60 Å². The summed E-state index contributed by atoms with van der Waals surface area (Å²) in [6.07, 6.45) is 0. The van der Waals surface area contributed by atoms with Crippen LogP contribution in [-0.2, 0) is 13.6 Å². The Hall–Kier alpha value is -2.45. The third-order valence-electron chi connectivity index (χ3n) is 5.14. The lowest BCUT2D eigenvalue weighted by Crippen LogP contribution is -2.17. The van der Waals surface area contributed by atoms with Crippen molar-refractivity contribution in [2.24, 2.45) is 0 Å². The Kier molecular flexibility index (Phi) is 5.56. The van der Waals surface area contributed by atoms with Gasteiger partial charge in [-0.2, -0.15) is 0 Å². The summed E-state index contributed by atoms with van der Waals surface area (Å²) >= 11 is 0. The molecule has 29 heavy (non-hydrogen) atoms. The van der Waals surface area contributed by atoms with E-state index in [1.807, 2.05) is 51.1 Å². The summed E-state index contributed by atoms with van der Waals surface area (Å²) in [5.74, 6) is 0. The molecule has 4 rings (SSSR count). The highest BCUT2D eigenvalue weighted by Crippen LogP contribution is 2.52. The molecule has 0 saturated carbocycles. The molecule has 0 saturated heterocycles. The zero-order valence-electron chi connectivity index (χ0n) is 17.0. The van der Waals surface area contributed by atoms with Crippen LogP contribution in [0.15, 0.2) is 72.8 Å². The second-order valence-electron chi connectivity index (χ2n) is 7.00. The Morgan fingerprint density at radius 1 is 0.759 bits per heavy atom. The molecule has 3 nitrogen and oxygen atoms in total. The first-order valence-corrected chi connectivity index (χ1v) is 11.5. The average molecular weight is 404 g/mol. The normalized spacial score (nSPS) is 12.0. The largest absolute Gasteiger partial charge is 0.362 e. The van der Waals surface area contributed by atoms with Crippen molar-refractivity contribution in [1.29, 1.82) is 0 Å². The molecule has 0 spiro atoms. The zero-order chi connectivity index (χ0) is 20.4. The minimum Gasteiger partial charge on any atom is -0.305 e. The van der Waals surface area contributed by atoms with Gasteiger partial charge in [-0.3, -0.25) is 4.57 Å². The highest BCUT2D eigenvalue weighted by molar-refractivity contribution is 7.62. The molecule has 0 N–H and O–H groups in total. The van der Waals surface area contributed by atoms with Crippen molar-refractivity contribution in [3.05, 3.63) is 78.4 Å². The molecule has 0 atom stereocenters. The molecule has 0 heterocycles. The predicted octanol–water partition coefficient (Wildman–Crippen LogP) is 6.86. The highest BCUT2D eigenvalue weighted by Gasteiger charge is 2.33. The van der Waals surface area contributed by atoms with Crippen molar-refractivity contribution in [1.82, 2.24) is 0 Å². The average Bonchev–Trinajstić information content (AvgIpc) is 2.72. The number of benzene rings is 4. The molecule has 0 amide bonds. The van der Waals surface area contributed by atoms with Crippen LogP contribution in [0, 0.1) is 6.92 Å². The van der Waals surface area contributed by atoms with Crippen molar-refractivity contribution < 1.29 is 13.6 Å². The van der Waals surface area contributed by atoms with E-state index in [2.05, 4.69) is 42.5 Å². The van der Waals surface area contributed by atoms with Gasteiger partial charge in [-0.05, 0) is 53.4 Å². The summed E-state index contributed by atoms with van der Waals surface area (Å²) in [6, 6.07) is 24.8. The quantitative estimate of drug-likeness (QED) is 0.329. The van der Waals surface area contributed by atoms with E-state index in [9.17, 15) is 4.57 Å². The number of rotatable bonds is 6. The van der Waals surface area contributed by atoms with Gasteiger partial charge in [-0.25, -0.2) is 0 Å². The second-order valence-corrected chi connectivity index (χ2v) is 8.96. The SMILES string of the molecule is CCOP(=O)(OCC)c1c(C)cc2ccccc2c1-c1cccc2ccccc12. The first-order chi connectivity index (χ1) is 14.1. The van der Waals surface area contributed by atoms with Gasteiger partial charge in [-0.1, -0.05) is 72.8 Å². The van der Waals surface area contributed by atoms with Gasteiger partial charge in [0, 0.05) is 5.56 Å². The van der Waals surface area contributed by atoms with Crippen LogP contribution in [0.2, 0.25) is 0 Å². The van der Waals surface area contributed by atoms with Crippen LogP contribution >= 0.6 is 7.60 Å². The van der Waals surface area contributed by atoms with Gasteiger partial charge >= 0.3 is 7.60 Å². The Morgan fingerprint density at radius 3 is 2.03 bits per heavy atom. The fourth-order valence-corrected chi connectivity index (χ4v) is 6.08. The highest BCUT2D eigenvalue weighted by atomic mass is 31.2. The van der Waals surface area contributed by atoms with Crippen LogP contribution in [0.1, 0.15) is 19.4 Å². The van der Waals surface area contributed by atoms with E-state index >= 15 is 0 Å². The molecule has 4 aromatic rings. The molecule has 4 heteroatoms. The van der Waals surface area contributed by atoms with E-state index in [-0.39, 0.29) is 0 Å². The van der Waals surface area contributed by atoms with Crippen molar-refractivity contribution in [2.75, 3.05) is 13.2 Å². The van der Waals surface area contributed by atoms with Crippen LogP contribution < -0.4 is 5.30 Å². The van der Waals surface area contributed by atoms with Crippen LogP contribution in [0.4, 0.5) is 0 Å². The van der Waals surface area contributed by atoms with Gasteiger partial charge in [-0.15, -0.1) is 0 Å². The first-order valence-electron chi connectivity index (χ1n) is 9.99. The maximum atomic E-state index is 14.0. The molecule has 0 aliphatic carbocycles. The van der Waals surface area contributed by atoms with Crippen LogP contribution in [-0.4, -0.2) is 13.2 Å². The lowest BCUT2D eigenvalue weighted by molar-refractivity contribution is 0.230. The molecule has 4 aromatic carbocycles. The lowest BCUT2D eigenvalue weighted by atomic mass is 9.92. The summed E-state index contributed by atoms with van der Waals surface area (Å²) in [5, 5.41) is 5.08.